The molecule has 3 aromatic heterocycles. The van der Waals surface area contributed by atoms with Gasteiger partial charge >= 0.3 is 25.4 Å². The fraction of sp³-hybridized carbons (Fsp3) is 0.586. The van der Waals surface area contributed by atoms with E-state index in [9.17, 15) is 27.2 Å². The quantitative estimate of drug-likeness (QED) is 0.0321. The molecule has 0 bridgehead atoms. The number of carbonyl (C=O) groups excluding carboxylic acids is 2. The molecule has 6 saturated heterocycles. The van der Waals surface area contributed by atoms with Gasteiger partial charge in [0, 0.05) is 109 Å². The molecular weight excluding hydrogens is 1510 g/mol. The molecule has 6 fully saturated rings. The van der Waals surface area contributed by atoms with E-state index in [1.54, 1.807) is 12.1 Å². The molecule has 5 aromatic rings. The SMILES string of the molecule is CC(C)N.CC(C)Nc1cc(I)cc(N2CCOCC2)n1.CC[C@@H]1CCN(C(=O)Nc2ccc(C)c(-c3cc(NC(C)C)nc(N4CCOCC4)c3)c2)C1.Cc1ccc(NC(=O)N2CC[C@@H](CC(F)(F)F)C2)cc1B1OC(C)(C)C(C)(C)O1.Fc1cc(I)cc(N2CCOCC2)n1.S. The third-order valence-electron chi connectivity index (χ3n) is 17.3. The van der Waals surface area contributed by atoms with Gasteiger partial charge in [-0.25, -0.2) is 24.5 Å². The van der Waals surface area contributed by atoms with Crippen molar-refractivity contribution < 1.29 is 50.7 Å². The van der Waals surface area contributed by atoms with Crippen molar-refractivity contribution in [3.63, 3.8) is 0 Å². The van der Waals surface area contributed by atoms with E-state index in [0.717, 1.165) is 152 Å². The lowest BCUT2D eigenvalue weighted by atomic mass is 9.76. The number of aryl methyl sites for hydroxylation is 2. The fourth-order valence-corrected chi connectivity index (χ4v) is 12.5. The van der Waals surface area contributed by atoms with E-state index in [4.69, 9.17) is 34.2 Å². The number of likely N-dealkylation sites (tertiary alicyclic amines) is 2. The van der Waals surface area contributed by atoms with Crippen LogP contribution in [0.1, 0.15) is 113 Å². The molecule has 542 valence electrons. The lowest BCUT2D eigenvalue weighted by molar-refractivity contribution is -0.143. The van der Waals surface area contributed by atoms with Gasteiger partial charge in [0.2, 0.25) is 5.95 Å². The van der Waals surface area contributed by atoms with Crippen LogP contribution in [0.4, 0.5) is 67.6 Å². The molecule has 20 nitrogen and oxygen atoms in total. The smallest absolute Gasteiger partial charge is 0.399 e. The zero-order valence-corrected chi connectivity index (χ0v) is 64.6. The van der Waals surface area contributed by atoms with Crippen LogP contribution in [0.2, 0.25) is 0 Å². The second-order valence-corrected chi connectivity index (χ2v) is 29.7. The minimum absolute atomic E-state index is 0. The Kier molecular flexibility index (Phi) is 31.8. The number of morpholine rings is 3. The van der Waals surface area contributed by atoms with Crippen LogP contribution >= 0.6 is 58.7 Å². The van der Waals surface area contributed by atoms with Crippen molar-refractivity contribution in [2.24, 2.45) is 17.6 Å². The molecule has 0 radical (unpaired) electrons. The van der Waals surface area contributed by atoms with E-state index in [1.807, 2.05) is 76.5 Å². The fourth-order valence-electron chi connectivity index (χ4n) is 11.4. The lowest BCUT2D eigenvalue weighted by Gasteiger charge is -2.32. The number of halogens is 6. The Hall–Kier alpha value is -5.22. The minimum Gasteiger partial charge on any atom is -0.399 e. The lowest BCUT2D eigenvalue weighted by Crippen LogP contribution is -2.41. The van der Waals surface area contributed by atoms with Crippen LogP contribution in [0.3, 0.4) is 0 Å². The summed E-state index contributed by atoms with van der Waals surface area (Å²) in [4.78, 5) is 48.7. The zero-order valence-electron chi connectivity index (χ0n) is 59.3. The van der Waals surface area contributed by atoms with E-state index in [2.05, 4.69) is 164 Å². The van der Waals surface area contributed by atoms with Crippen LogP contribution in [0, 0.1) is 38.8 Å². The number of hydrogen-bond acceptors (Lipinski definition) is 16. The van der Waals surface area contributed by atoms with E-state index in [-0.39, 0.29) is 32.1 Å². The number of carbonyl (C=O) groups is 2. The standard InChI is InChI=1S/C26H37N5O2.C20H28BF3N2O3.C12H18IN3O.C9H10FIN2O.C3H9N.H2S/c1-5-20-8-9-31(17-20)26(32)28-22-7-6-19(4)23(16-22)21-14-24(27-18(2)3)29-25(15-21)30-10-12-33-13-11-30;1-13-6-7-15(10-16(13)21-28-18(2,3)19(4,5)29-21)25-17(27)26-9-8-14(12-26)11-20(22,23)24;1-9(2)14-11-7-10(13)8-12(15-11)16-3-5-17-6-4-16;10-8-5-7(11)6-9(12-8)13-1-3-14-4-2-13;1-3(2)4;/h6-7,14-16,18,20H,5,8-13,17H2,1-4H3,(H,27,29)(H,28,32);6-7,10,14H,8-9,11-12H2,1-5H3,(H,25,27);7-9H,3-6H2,1-2H3,(H,14,15);5-6H,1-4H2;3H,4H2,1-2H3;1H2/t20-;14-;;;;/m10..../s1. The number of amides is 4. The van der Waals surface area contributed by atoms with Gasteiger partial charge in [0.05, 0.1) is 50.8 Å². The molecule has 6 N–H and O–H groups in total. The molecule has 6 aliphatic heterocycles. The van der Waals surface area contributed by atoms with Crippen LogP contribution in [0.15, 0.2) is 72.8 Å². The van der Waals surface area contributed by atoms with Crippen molar-refractivity contribution in [3.8, 4) is 11.1 Å². The van der Waals surface area contributed by atoms with Crippen molar-refractivity contribution >= 4 is 124 Å². The second-order valence-electron chi connectivity index (χ2n) is 27.2. The van der Waals surface area contributed by atoms with Crippen LogP contribution in [-0.2, 0) is 23.5 Å². The third-order valence-corrected chi connectivity index (χ3v) is 18.5. The number of aromatic nitrogens is 3. The molecule has 0 spiro atoms. The maximum atomic E-state index is 13.0. The van der Waals surface area contributed by atoms with Crippen LogP contribution in [0.5, 0.6) is 0 Å². The van der Waals surface area contributed by atoms with Gasteiger partial charge in [0.25, 0.3) is 0 Å². The number of hydrogen-bond donors (Lipinski definition) is 5. The molecule has 6 aliphatic rings. The average molecular weight is 1610 g/mol. The summed E-state index contributed by atoms with van der Waals surface area (Å²) in [6.45, 7) is 38.1. The minimum atomic E-state index is -4.20. The summed E-state index contributed by atoms with van der Waals surface area (Å²) in [5.74, 6) is 4.18. The molecule has 11 rings (SSSR count). The van der Waals surface area contributed by atoms with Crippen LogP contribution < -0.4 is 47.2 Å². The summed E-state index contributed by atoms with van der Waals surface area (Å²) < 4.78 is 81.1. The predicted octanol–water partition coefficient (Wildman–Crippen LogP) is 13.5. The van der Waals surface area contributed by atoms with Crippen molar-refractivity contribution in [3.05, 3.63) is 97.0 Å². The molecular formula is C70H104BF4I2N13O7S. The number of ether oxygens (including phenoxy) is 3. The van der Waals surface area contributed by atoms with E-state index in [0.29, 0.717) is 55.7 Å². The van der Waals surface area contributed by atoms with E-state index in [1.165, 1.54) is 14.5 Å². The van der Waals surface area contributed by atoms with Crippen LogP contribution in [0.25, 0.3) is 11.1 Å². The first kappa shape index (κ1) is 81.7. The summed E-state index contributed by atoms with van der Waals surface area (Å²) in [7, 11) is -0.556. The molecule has 4 amide bonds. The number of nitrogens with two attached hydrogens (primary N) is 1. The van der Waals surface area contributed by atoms with Gasteiger partial charge in [-0.1, -0.05) is 44.9 Å². The van der Waals surface area contributed by atoms with Gasteiger partial charge in [0.15, 0.2) is 0 Å². The van der Waals surface area contributed by atoms with Crippen molar-refractivity contribution in [1.29, 1.82) is 0 Å². The molecule has 28 heteroatoms. The molecule has 2 aromatic carbocycles. The molecule has 2 atom stereocenters. The number of benzene rings is 2. The summed E-state index contributed by atoms with van der Waals surface area (Å²) in [5.41, 5.74) is 10.7. The Morgan fingerprint density at radius 3 is 1.48 bits per heavy atom. The average Bonchev–Trinajstić information content (AvgIpc) is 1.61. The number of anilines is 7. The molecule has 0 aliphatic carbocycles. The zero-order chi connectivity index (χ0) is 70.8. The highest BCUT2D eigenvalue weighted by Crippen LogP contribution is 2.38. The maximum Gasteiger partial charge on any atom is 0.495 e. The Balaban J connectivity index is 0.000000211. The Morgan fingerprint density at radius 2 is 1.03 bits per heavy atom. The van der Waals surface area contributed by atoms with Gasteiger partial charge in [-0.3, -0.25) is 0 Å². The maximum absolute atomic E-state index is 13.0. The molecule has 0 unspecified atom stereocenters. The highest BCUT2D eigenvalue weighted by molar-refractivity contribution is 14.1. The summed E-state index contributed by atoms with van der Waals surface area (Å²) in [5, 5.41) is 12.7. The normalized spacial score (nSPS) is 18.9. The molecule has 98 heavy (non-hydrogen) atoms. The largest absolute Gasteiger partial charge is 0.495 e. The number of alkyl halides is 3. The first-order valence-electron chi connectivity index (χ1n) is 33.9. The monoisotopic (exact) mass is 1610 g/mol. The second kappa shape index (κ2) is 38.2. The predicted molar refractivity (Wildman–Crippen MR) is 410 cm³/mol. The number of urea groups is 2. The molecule has 9 heterocycles. The van der Waals surface area contributed by atoms with Gasteiger partial charge in [-0.2, -0.15) is 31.1 Å². The topological polar surface area (TPSA) is 209 Å². The van der Waals surface area contributed by atoms with E-state index >= 15 is 0 Å². The Bertz CT molecular complexity index is 3310. The van der Waals surface area contributed by atoms with Gasteiger partial charge in [0.1, 0.15) is 29.1 Å². The van der Waals surface area contributed by atoms with Crippen LogP contribution in [-0.4, -0.2) is 185 Å². The summed E-state index contributed by atoms with van der Waals surface area (Å²) >= 11 is 4.43. The number of nitrogens with zero attached hydrogens (tertiary/aromatic N) is 8. The first-order valence-corrected chi connectivity index (χ1v) is 36.0. The molecule has 0 saturated carbocycles. The third kappa shape index (κ3) is 25.7. The number of nitrogens with one attached hydrogen (secondary N) is 4. The van der Waals surface area contributed by atoms with Crippen molar-refractivity contribution in [2.45, 2.75) is 151 Å². The Labute approximate surface area is 613 Å². The van der Waals surface area contributed by atoms with E-state index < -0.39 is 48.8 Å². The first-order chi connectivity index (χ1) is 45.8. The number of rotatable bonds is 13. The Morgan fingerprint density at radius 1 is 0.612 bits per heavy atom. The highest BCUT2D eigenvalue weighted by atomic mass is 127. The van der Waals surface area contributed by atoms with Crippen molar-refractivity contribution in [2.75, 3.05) is 141 Å². The highest BCUT2D eigenvalue weighted by Gasteiger charge is 2.52. The van der Waals surface area contributed by atoms with Crippen molar-refractivity contribution in [1.82, 2.24) is 24.8 Å². The van der Waals surface area contributed by atoms with Gasteiger partial charge in [-0.05, 0) is 222 Å². The number of pyridine rings is 3. The van der Waals surface area contributed by atoms with Gasteiger partial charge in [-0.15, -0.1) is 0 Å². The summed E-state index contributed by atoms with van der Waals surface area (Å²) in [6, 6.07) is 24.0. The van der Waals surface area contributed by atoms with Gasteiger partial charge < -0.3 is 75.0 Å². The summed E-state index contributed by atoms with van der Waals surface area (Å²) in [6.07, 6.45) is -2.48.